The van der Waals surface area contributed by atoms with Gasteiger partial charge in [-0.25, -0.2) is 4.39 Å². The highest BCUT2D eigenvalue weighted by molar-refractivity contribution is 14.0. The van der Waals surface area contributed by atoms with Gasteiger partial charge in [-0.2, -0.15) is 0 Å². The van der Waals surface area contributed by atoms with Crippen molar-refractivity contribution in [2.75, 3.05) is 20.6 Å². The maximum absolute atomic E-state index is 13.0. The maximum Gasteiger partial charge on any atom is 0.193 e. The van der Waals surface area contributed by atoms with E-state index in [9.17, 15) is 4.39 Å². The molecule has 0 atom stereocenters. The molecule has 0 saturated carbocycles. The van der Waals surface area contributed by atoms with Gasteiger partial charge in [0.2, 0.25) is 0 Å². The minimum absolute atomic E-state index is 0. The van der Waals surface area contributed by atoms with Crippen LogP contribution >= 0.6 is 24.0 Å². The zero-order chi connectivity index (χ0) is 12.7. The lowest BCUT2D eigenvalue weighted by Gasteiger charge is -2.21. The van der Waals surface area contributed by atoms with Crippen LogP contribution in [0.2, 0.25) is 0 Å². The average molecular weight is 363 g/mol. The summed E-state index contributed by atoms with van der Waals surface area (Å²) in [5.41, 5.74) is 0.911. The van der Waals surface area contributed by atoms with Crippen LogP contribution in [-0.2, 0) is 6.54 Å². The molecule has 1 aromatic rings. The summed E-state index contributed by atoms with van der Waals surface area (Å²) in [5.74, 6) is 0.541. The summed E-state index contributed by atoms with van der Waals surface area (Å²) in [5, 5.41) is 3.12. The summed E-state index contributed by atoms with van der Waals surface area (Å²) in [6.45, 7) is 4.89. The second-order valence-electron chi connectivity index (χ2n) is 3.70. The molecule has 1 rings (SSSR count). The zero-order valence-corrected chi connectivity index (χ0v) is 13.0. The molecule has 1 aromatic carbocycles. The van der Waals surface area contributed by atoms with E-state index in [4.69, 9.17) is 0 Å². The molecule has 0 bridgehead atoms. The lowest BCUT2D eigenvalue weighted by atomic mass is 10.2. The highest BCUT2D eigenvalue weighted by atomic mass is 127. The number of aliphatic imine (C=N–C) groups is 1. The summed E-state index contributed by atoms with van der Waals surface area (Å²) in [4.78, 5) is 6.06. The molecule has 3 nitrogen and oxygen atoms in total. The van der Waals surface area contributed by atoms with Gasteiger partial charge in [0.1, 0.15) is 5.82 Å². The molecule has 5 heteroatoms. The molecular formula is C13H19FIN3. The molecule has 0 spiro atoms. The van der Waals surface area contributed by atoms with Crippen molar-refractivity contribution in [3.8, 4) is 0 Å². The van der Waals surface area contributed by atoms with E-state index >= 15 is 0 Å². The van der Waals surface area contributed by atoms with Crippen LogP contribution in [0, 0.1) is 5.82 Å². The Balaban J connectivity index is 0.00000289. The summed E-state index contributed by atoms with van der Waals surface area (Å²) in [6.07, 6.45) is 1.77. The molecule has 0 aliphatic rings. The van der Waals surface area contributed by atoms with Crippen molar-refractivity contribution in [2.24, 2.45) is 4.99 Å². The standard InChI is InChI=1S/C13H18FN3.HI/c1-4-8-16-13(15-2)17(3)10-11-6-5-7-12(14)9-11;/h4-7,9H,1,8,10H2,2-3H3,(H,15,16);1H. The minimum Gasteiger partial charge on any atom is -0.353 e. The van der Waals surface area contributed by atoms with Crippen molar-refractivity contribution in [1.29, 1.82) is 0 Å². The Morgan fingerprint density at radius 2 is 2.28 bits per heavy atom. The third-order valence-corrected chi connectivity index (χ3v) is 2.29. The number of guanidine groups is 1. The number of benzene rings is 1. The van der Waals surface area contributed by atoms with Crippen LogP contribution < -0.4 is 5.32 Å². The van der Waals surface area contributed by atoms with Crippen LogP contribution in [-0.4, -0.2) is 31.5 Å². The fourth-order valence-electron chi connectivity index (χ4n) is 1.53. The fourth-order valence-corrected chi connectivity index (χ4v) is 1.53. The smallest absolute Gasteiger partial charge is 0.193 e. The second kappa shape index (κ2) is 8.91. The second-order valence-corrected chi connectivity index (χ2v) is 3.70. The topological polar surface area (TPSA) is 27.6 Å². The van der Waals surface area contributed by atoms with Crippen LogP contribution in [0.5, 0.6) is 0 Å². The highest BCUT2D eigenvalue weighted by Crippen LogP contribution is 2.06. The van der Waals surface area contributed by atoms with Gasteiger partial charge in [0.15, 0.2) is 5.96 Å². The van der Waals surface area contributed by atoms with Crippen molar-refractivity contribution in [3.63, 3.8) is 0 Å². The van der Waals surface area contributed by atoms with Crippen LogP contribution in [0.25, 0.3) is 0 Å². The largest absolute Gasteiger partial charge is 0.353 e. The van der Waals surface area contributed by atoms with Crippen LogP contribution in [0.15, 0.2) is 41.9 Å². The molecular weight excluding hydrogens is 344 g/mol. The first kappa shape index (κ1) is 16.9. The first-order chi connectivity index (χ1) is 8.17. The summed E-state index contributed by atoms with van der Waals surface area (Å²) in [7, 11) is 3.62. The zero-order valence-electron chi connectivity index (χ0n) is 10.7. The predicted molar refractivity (Wildman–Crippen MR) is 84.8 cm³/mol. The van der Waals surface area contributed by atoms with E-state index in [1.165, 1.54) is 12.1 Å². The van der Waals surface area contributed by atoms with E-state index in [1.807, 2.05) is 18.0 Å². The maximum atomic E-state index is 13.0. The molecule has 100 valence electrons. The number of halogens is 2. The van der Waals surface area contributed by atoms with Gasteiger partial charge in [-0.15, -0.1) is 30.6 Å². The van der Waals surface area contributed by atoms with Gasteiger partial charge in [0, 0.05) is 27.2 Å². The molecule has 18 heavy (non-hydrogen) atoms. The molecule has 0 amide bonds. The monoisotopic (exact) mass is 363 g/mol. The van der Waals surface area contributed by atoms with Crippen molar-refractivity contribution < 1.29 is 4.39 Å². The number of rotatable bonds is 4. The Hall–Kier alpha value is -1.11. The molecule has 0 aliphatic heterocycles. The van der Waals surface area contributed by atoms with Crippen LogP contribution in [0.3, 0.4) is 0 Å². The van der Waals surface area contributed by atoms with E-state index in [2.05, 4.69) is 16.9 Å². The van der Waals surface area contributed by atoms with Crippen molar-refractivity contribution in [2.45, 2.75) is 6.54 Å². The quantitative estimate of drug-likeness (QED) is 0.386. The number of hydrogen-bond donors (Lipinski definition) is 1. The molecule has 0 heterocycles. The van der Waals surface area contributed by atoms with Gasteiger partial charge in [0.05, 0.1) is 0 Å². The van der Waals surface area contributed by atoms with Crippen LogP contribution in [0.4, 0.5) is 4.39 Å². The molecule has 0 aliphatic carbocycles. The van der Waals surface area contributed by atoms with Gasteiger partial charge >= 0.3 is 0 Å². The van der Waals surface area contributed by atoms with E-state index in [-0.39, 0.29) is 29.8 Å². The first-order valence-corrected chi connectivity index (χ1v) is 5.44. The van der Waals surface area contributed by atoms with Gasteiger partial charge in [-0.05, 0) is 17.7 Å². The minimum atomic E-state index is -0.218. The van der Waals surface area contributed by atoms with Crippen molar-refractivity contribution >= 4 is 29.9 Å². The lowest BCUT2D eigenvalue weighted by molar-refractivity contribution is 0.478. The fraction of sp³-hybridized carbons (Fsp3) is 0.308. The SMILES string of the molecule is C=CCNC(=NC)N(C)Cc1cccc(F)c1.I. The third-order valence-electron chi connectivity index (χ3n) is 2.29. The summed E-state index contributed by atoms with van der Waals surface area (Å²) < 4.78 is 13.0. The van der Waals surface area contributed by atoms with Crippen molar-refractivity contribution in [1.82, 2.24) is 10.2 Å². The number of nitrogens with one attached hydrogen (secondary N) is 1. The van der Waals surface area contributed by atoms with Gasteiger partial charge in [-0.1, -0.05) is 18.2 Å². The Morgan fingerprint density at radius 3 is 2.83 bits per heavy atom. The summed E-state index contributed by atoms with van der Waals surface area (Å²) in [6, 6.07) is 6.56. The Labute approximate surface area is 125 Å². The van der Waals surface area contributed by atoms with Gasteiger partial charge in [0.25, 0.3) is 0 Å². The predicted octanol–water partition coefficient (Wildman–Crippen LogP) is 2.64. The van der Waals surface area contributed by atoms with E-state index < -0.39 is 0 Å². The van der Waals surface area contributed by atoms with Gasteiger partial charge < -0.3 is 10.2 Å². The van der Waals surface area contributed by atoms with Crippen LogP contribution in [0.1, 0.15) is 5.56 Å². The third kappa shape index (κ3) is 5.48. The molecule has 0 radical (unpaired) electrons. The van der Waals surface area contributed by atoms with Gasteiger partial charge in [-0.3, -0.25) is 4.99 Å². The molecule has 1 N–H and O–H groups in total. The van der Waals surface area contributed by atoms with E-state index in [1.54, 1.807) is 19.2 Å². The molecule has 0 fully saturated rings. The Bertz CT molecular complexity index is 407. The van der Waals surface area contributed by atoms with E-state index in [0.717, 1.165) is 11.5 Å². The Morgan fingerprint density at radius 1 is 1.56 bits per heavy atom. The normalized spacial score (nSPS) is 10.5. The average Bonchev–Trinajstić information content (AvgIpc) is 2.30. The Kier molecular flexibility index (Phi) is 8.36. The number of hydrogen-bond acceptors (Lipinski definition) is 1. The summed E-state index contributed by atoms with van der Waals surface area (Å²) >= 11 is 0. The van der Waals surface area contributed by atoms with E-state index in [0.29, 0.717) is 13.1 Å². The lowest BCUT2D eigenvalue weighted by Crippen LogP contribution is -2.38. The molecule has 0 saturated heterocycles. The molecule has 0 unspecified atom stereocenters. The molecule has 0 aromatic heterocycles. The van der Waals surface area contributed by atoms with Crippen molar-refractivity contribution in [3.05, 3.63) is 48.3 Å². The number of nitrogens with zero attached hydrogens (tertiary/aromatic N) is 2. The first-order valence-electron chi connectivity index (χ1n) is 5.44. The highest BCUT2D eigenvalue weighted by Gasteiger charge is 2.05.